The quantitative estimate of drug-likeness (QED) is 0.837. The van der Waals surface area contributed by atoms with Gasteiger partial charge in [0.25, 0.3) is 0 Å². The first-order valence-corrected chi connectivity index (χ1v) is 5.60. The lowest BCUT2D eigenvalue weighted by Gasteiger charge is -2.12. The zero-order valence-corrected chi connectivity index (χ0v) is 9.93. The fourth-order valence-electron chi connectivity index (χ4n) is 1.65. The Morgan fingerprint density at radius 1 is 1.41 bits per heavy atom. The van der Waals surface area contributed by atoms with Crippen molar-refractivity contribution in [3.63, 3.8) is 0 Å². The molecule has 2 nitrogen and oxygen atoms in total. The number of aromatic nitrogens is 2. The Kier molecular flexibility index (Phi) is 3.43. The van der Waals surface area contributed by atoms with Crippen LogP contribution < -0.4 is 0 Å². The third kappa shape index (κ3) is 2.47. The van der Waals surface area contributed by atoms with Crippen LogP contribution in [0.2, 0.25) is 0 Å². The molecular formula is C12H11ClF2N2. The normalized spacial score (nSPS) is 12.7. The number of rotatable bonds is 3. The van der Waals surface area contributed by atoms with Crippen LogP contribution in [0.1, 0.15) is 22.3 Å². The summed E-state index contributed by atoms with van der Waals surface area (Å²) >= 11 is 6.04. The van der Waals surface area contributed by atoms with Crippen LogP contribution in [-0.4, -0.2) is 9.97 Å². The molecule has 0 spiro atoms. The predicted octanol–water partition coefficient (Wildman–Crippen LogP) is 3.52. The van der Waals surface area contributed by atoms with Crippen molar-refractivity contribution in [1.29, 1.82) is 0 Å². The molecule has 0 radical (unpaired) electrons. The topological polar surface area (TPSA) is 28.7 Å². The molecule has 0 aliphatic heterocycles. The van der Waals surface area contributed by atoms with Gasteiger partial charge in [-0.3, -0.25) is 0 Å². The van der Waals surface area contributed by atoms with Crippen LogP contribution in [-0.2, 0) is 6.42 Å². The first-order valence-electron chi connectivity index (χ1n) is 5.16. The van der Waals surface area contributed by atoms with Gasteiger partial charge in [0.2, 0.25) is 0 Å². The Morgan fingerprint density at radius 3 is 2.82 bits per heavy atom. The first kappa shape index (κ1) is 12.0. The second kappa shape index (κ2) is 4.84. The summed E-state index contributed by atoms with van der Waals surface area (Å²) in [5, 5.41) is -0.777. The van der Waals surface area contributed by atoms with Crippen molar-refractivity contribution in [2.75, 3.05) is 0 Å². The summed E-state index contributed by atoms with van der Waals surface area (Å²) in [5.74, 6) is -0.610. The fraction of sp³-hybridized carbons (Fsp3) is 0.250. The molecule has 0 amide bonds. The van der Waals surface area contributed by atoms with Gasteiger partial charge in [-0.05, 0) is 18.6 Å². The van der Waals surface area contributed by atoms with Gasteiger partial charge in [-0.1, -0.05) is 6.07 Å². The van der Waals surface area contributed by atoms with Gasteiger partial charge < -0.3 is 4.98 Å². The van der Waals surface area contributed by atoms with Gasteiger partial charge in [-0.15, -0.1) is 11.6 Å². The summed E-state index contributed by atoms with van der Waals surface area (Å²) < 4.78 is 27.3. The van der Waals surface area contributed by atoms with Crippen molar-refractivity contribution in [2.45, 2.75) is 18.7 Å². The Labute approximate surface area is 103 Å². The molecule has 1 aromatic heterocycles. The van der Waals surface area contributed by atoms with Crippen LogP contribution in [0.3, 0.4) is 0 Å². The highest BCUT2D eigenvalue weighted by Crippen LogP contribution is 2.30. The second-order valence-electron chi connectivity index (χ2n) is 3.80. The van der Waals surface area contributed by atoms with Gasteiger partial charge in [-0.25, -0.2) is 13.8 Å². The molecular weight excluding hydrogens is 246 g/mol. The smallest absolute Gasteiger partial charge is 0.133 e. The number of imidazole rings is 1. The minimum Gasteiger partial charge on any atom is -0.349 e. The molecule has 1 N–H and O–H groups in total. The SMILES string of the molecule is Cc1ccc(F)c(C(Cl)Cc2ncc[nH]2)c1F. The van der Waals surface area contributed by atoms with Crippen molar-refractivity contribution < 1.29 is 8.78 Å². The van der Waals surface area contributed by atoms with E-state index >= 15 is 0 Å². The molecule has 17 heavy (non-hydrogen) atoms. The lowest BCUT2D eigenvalue weighted by molar-refractivity contribution is 0.544. The summed E-state index contributed by atoms with van der Waals surface area (Å²) in [7, 11) is 0. The molecule has 90 valence electrons. The van der Waals surface area contributed by atoms with Crippen LogP contribution in [0.4, 0.5) is 8.78 Å². The summed E-state index contributed by atoms with van der Waals surface area (Å²) in [6.45, 7) is 1.58. The van der Waals surface area contributed by atoms with Crippen molar-refractivity contribution in [2.24, 2.45) is 0 Å². The lowest BCUT2D eigenvalue weighted by atomic mass is 10.0. The zero-order chi connectivity index (χ0) is 12.4. The van der Waals surface area contributed by atoms with E-state index in [1.165, 1.54) is 12.1 Å². The largest absolute Gasteiger partial charge is 0.349 e. The first-order chi connectivity index (χ1) is 8.09. The van der Waals surface area contributed by atoms with Crippen LogP contribution in [0, 0.1) is 18.6 Å². The standard InChI is InChI=1S/C12H11ClF2N2/c1-7-2-3-9(14)11(12(7)15)8(13)6-10-16-4-5-17-10/h2-5,8H,6H2,1H3,(H,16,17). The van der Waals surface area contributed by atoms with E-state index in [-0.39, 0.29) is 12.0 Å². The Hall–Kier alpha value is -1.42. The lowest BCUT2D eigenvalue weighted by Crippen LogP contribution is -2.05. The van der Waals surface area contributed by atoms with Crippen molar-refractivity contribution in [1.82, 2.24) is 9.97 Å². The van der Waals surface area contributed by atoms with E-state index < -0.39 is 17.0 Å². The maximum absolute atomic E-state index is 13.8. The molecule has 0 fully saturated rings. The van der Waals surface area contributed by atoms with Crippen LogP contribution in [0.5, 0.6) is 0 Å². The molecule has 1 aromatic carbocycles. The Morgan fingerprint density at radius 2 is 2.18 bits per heavy atom. The van der Waals surface area contributed by atoms with E-state index in [0.29, 0.717) is 11.4 Å². The van der Waals surface area contributed by atoms with Gasteiger partial charge in [-0.2, -0.15) is 0 Å². The van der Waals surface area contributed by atoms with E-state index in [4.69, 9.17) is 11.6 Å². The molecule has 0 aliphatic rings. The summed E-state index contributed by atoms with van der Waals surface area (Å²) in [5.41, 5.74) is 0.287. The zero-order valence-electron chi connectivity index (χ0n) is 9.17. The van der Waals surface area contributed by atoms with Gasteiger partial charge in [0.05, 0.1) is 5.38 Å². The summed E-state index contributed by atoms with van der Waals surface area (Å²) in [6.07, 6.45) is 3.47. The molecule has 0 aliphatic carbocycles. The highest BCUT2D eigenvalue weighted by atomic mass is 35.5. The number of nitrogens with zero attached hydrogens (tertiary/aromatic N) is 1. The third-order valence-electron chi connectivity index (χ3n) is 2.56. The molecule has 5 heteroatoms. The predicted molar refractivity (Wildman–Crippen MR) is 62.0 cm³/mol. The third-order valence-corrected chi connectivity index (χ3v) is 2.93. The number of aromatic amines is 1. The van der Waals surface area contributed by atoms with E-state index in [9.17, 15) is 8.78 Å². The van der Waals surface area contributed by atoms with E-state index in [0.717, 1.165) is 0 Å². The Balaban J connectivity index is 2.30. The molecule has 2 aromatic rings. The average molecular weight is 257 g/mol. The summed E-state index contributed by atoms with van der Waals surface area (Å²) in [6, 6.07) is 2.62. The Bertz CT molecular complexity index is 511. The number of aryl methyl sites for hydroxylation is 1. The fourth-order valence-corrected chi connectivity index (χ4v) is 1.99. The number of hydrogen-bond acceptors (Lipinski definition) is 1. The number of H-pyrrole nitrogens is 1. The van der Waals surface area contributed by atoms with Gasteiger partial charge in [0, 0.05) is 24.4 Å². The number of nitrogens with one attached hydrogen (secondary N) is 1. The average Bonchev–Trinajstić information content (AvgIpc) is 2.77. The van der Waals surface area contributed by atoms with Crippen molar-refractivity contribution in [3.05, 3.63) is 53.1 Å². The number of alkyl halides is 1. The van der Waals surface area contributed by atoms with Crippen molar-refractivity contribution >= 4 is 11.6 Å². The van der Waals surface area contributed by atoms with Gasteiger partial charge in [0.1, 0.15) is 17.5 Å². The number of hydrogen-bond donors (Lipinski definition) is 1. The number of benzene rings is 1. The van der Waals surface area contributed by atoms with Gasteiger partial charge >= 0.3 is 0 Å². The summed E-state index contributed by atoms with van der Waals surface area (Å²) in [4.78, 5) is 6.83. The molecule has 1 atom stereocenters. The van der Waals surface area contributed by atoms with E-state index in [1.54, 1.807) is 19.3 Å². The minimum atomic E-state index is -0.777. The van der Waals surface area contributed by atoms with E-state index in [1.807, 2.05) is 0 Å². The van der Waals surface area contributed by atoms with Gasteiger partial charge in [0.15, 0.2) is 0 Å². The molecule has 2 rings (SSSR count). The van der Waals surface area contributed by atoms with Crippen molar-refractivity contribution in [3.8, 4) is 0 Å². The maximum Gasteiger partial charge on any atom is 0.133 e. The molecule has 0 saturated heterocycles. The maximum atomic E-state index is 13.8. The monoisotopic (exact) mass is 256 g/mol. The second-order valence-corrected chi connectivity index (χ2v) is 4.33. The number of halogens is 3. The highest BCUT2D eigenvalue weighted by molar-refractivity contribution is 6.20. The molecule has 0 saturated carbocycles. The van der Waals surface area contributed by atoms with Crippen LogP contribution in [0.25, 0.3) is 0 Å². The molecule has 0 bridgehead atoms. The highest BCUT2D eigenvalue weighted by Gasteiger charge is 2.20. The minimum absolute atomic E-state index is 0.0944. The van der Waals surface area contributed by atoms with Crippen LogP contribution >= 0.6 is 11.6 Å². The van der Waals surface area contributed by atoms with Crippen LogP contribution in [0.15, 0.2) is 24.5 Å². The van der Waals surface area contributed by atoms with E-state index in [2.05, 4.69) is 9.97 Å². The molecule has 1 unspecified atom stereocenters. The molecule has 1 heterocycles.